The van der Waals surface area contributed by atoms with Crippen molar-refractivity contribution < 1.29 is 14.3 Å². The zero-order valence-electron chi connectivity index (χ0n) is 13.7. The first-order valence-electron chi connectivity index (χ1n) is 8.28. The molecule has 2 heterocycles. The molecule has 0 bridgehead atoms. The van der Waals surface area contributed by atoms with Crippen LogP contribution in [0.2, 0.25) is 0 Å². The number of thioether (sulfide) groups is 1. The standard InChI is InChI=1S/C19H18N2O3S/c22-18(21-11-12-24-16-7-3-1-5-14(16)21)9-10-20-15-6-2-4-8-17(15)25-13-19(20)23/h1-8H,9-13H2. The van der Waals surface area contributed by atoms with E-state index in [1.165, 1.54) is 0 Å². The molecule has 0 saturated heterocycles. The molecule has 4 rings (SSSR count). The van der Waals surface area contributed by atoms with Gasteiger partial charge in [-0.1, -0.05) is 24.3 Å². The van der Waals surface area contributed by atoms with Gasteiger partial charge in [-0.3, -0.25) is 9.59 Å². The van der Waals surface area contributed by atoms with Crippen LogP contribution in [0.25, 0.3) is 0 Å². The van der Waals surface area contributed by atoms with Crippen LogP contribution in [0.4, 0.5) is 11.4 Å². The monoisotopic (exact) mass is 354 g/mol. The Bertz CT molecular complexity index is 824. The van der Waals surface area contributed by atoms with E-state index in [1.807, 2.05) is 48.5 Å². The van der Waals surface area contributed by atoms with Crippen molar-refractivity contribution in [1.82, 2.24) is 0 Å². The molecule has 0 fully saturated rings. The molecule has 2 aliphatic heterocycles. The van der Waals surface area contributed by atoms with Crippen LogP contribution in [0.1, 0.15) is 6.42 Å². The van der Waals surface area contributed by atoms with Crippen molar-refractivity contribution in [2.24, 2.45) is 0 Å². The van der Waals surface area contributed by atoms with Crippen LogP contribution in [0.15, 0.2) is 53.4 Å². The molecule has 0 atom stereocenters. The third-order valence-corrected chi connectivity index (χ3v) is 5.43. The topological polar surface area (TPSA) is 49.9 Å². The van der Waals surface area contributed by atoms with Gasteiger partial charge >= 0.3 is 0 Å². The summed E-state index contributed by atoms with van der Waals surface area (Å²) >= 11 is 1.55. The number of nitrogens with zero attached hydrogens (tertiary/aromatic N) is 2. The zero-order valence-corrected chi connectivity index (χ0v) is 14.5. The van der Waals surface area contributed by atoms with Gasteiger partial charge in [-0.15, -0.1) is 11.8 Å². The summed E-state index contributed by atoms with van der Waals surface area (Å²) in [5.41, 5.74) is 1.71. The molecule has 2 aliphatic rings. The number of anilines is 2. The van der Waals surface area contributed by atoms with Crippen LogP contribution in [0.3, 0.4) is 0 Å². The second-order valence-corrected chi connectivity index (χ2v) is 6.93. The van der Waals surface area contributed by atoms with Crippen molar-refractivity contribution in [2.75, 3.05) is 35.2 Å². The van der Waals surface area contributed by atoms with Crippen LogP contribution < -0.4 is 14.5 Å². The molecule has 0 spiro atoms. The van der Waals surface area contributed by atoms with Crippen LogP contribution in [-0.4, -0.2) is 37.3 Å². The summed E-state index contributed by atoms with van der Waals surface area (Å²) in [5.74, 6) is 1.22. The van der Waals surface area contributed by atoms with Crippen LogP contribution in [-0.2, 0) is 9.59 Å². The van der Waals surface area contributed by atoms with E-state index in [-0.39, 0.29) is 11.8 Å². The second kappa shape index (κ2) is 6.80. The van der Waals surface area contributed by atoms with Crippen LogP contribution in [0, 0.1) is 0 Å². The van der Waals surface area contributed by atoms with Crippen molar-refractivity contribution in [3.05, 3.63) is 48.5 Å². The van der Waals surface area contributed by atoms with Gasteiger partial charge in [0.2, 0.25) is 11.8 Å². The molecule has 0 N–H and O–H groups in total. The molecule has 0 aromatic heterocycles. The Balaban J connectivity index is 1.49. The van der Waals surface area contributed by atoms with Gasteiger partial charge in [0.25, 0.3) is 0 Å². The average Bonchev–Trinajstić information content (AvgIpc) is 2.66. The maximum absolute atomic E-state index is 12.7. The molecule has 0 unspecified atom stereocenters. The minimum atomic E-state index is 0.0132. The van der Waals surface area contributed by atoms with Gasteiger partial charge in [0.1, 0.15) is 12.4 Å². The Morgan fingerprint density at radius 2 is 1.84 bits per heavy atom. The number of fused-ring (bicyclic) bond motifs is 2. The number of hydrogen-bond donors (Lipinski definition) is 0. The van der Waals surface area contributed by atoms with Gasteiger partial charge in [-0.25, -0.2) is 0 Å². The molecule has 2 aromatic carbocycles. The Hall–Kier alpha value is -2.47. The first-order valence-corrected chi connectivity index (χ1v) is 9.27. The third-order valence-electron chi connectivity index (χ3n) is 4.39. The van der Waals surface area contributed by atoms with E-state index in [0.29, 0.717) is 31.9 Å². The predicted molar refractivity (Wildman–Crippen MR) is 98.4 cm³/mol. The summed E-state index contributed by atoms with van der Waals surface area (Å²) < 4.78 is 5.60. The van der Waals surface area contributed by atoms with Crippen molar-refractivity contribution in [2.45, 2.75) is 11.3 Å². The average molecular weight is 354 g/mol. The predicted octanol–water partition coefficient (Wildman–Crippen LogP) is 2.94. The zero-order chi connectivity index (χ0) is 17.2. The number of ether oxygens (including phenoxy) is 1. The smallest absolute Gasteiger partial charge is 0.237 e. The number of carbonyl (C=O) groups is 2. The highest BCUT2D eigenvalue weighted by molar-refractivity contribution is 8.00. The van der Waals surface area contributed by atoms with Gasteiger partial charge in [0, 0.05) is 17.9 Å². The van der Waals surface area contributed by atoms with Gasteiger partial charge in [0.15, 0.2) is 0 Å². The number of para-hydroxylation sites is 3. The lowest BCUT2D eigenvalue weighted by atomic mass is 10.2. The molecule has 0 radical (unpaired) electrons. The largest absolute Gasteiger partial charge is 0.490 e. The quantitative estimate of drug-likeness (QED) is 0.850. The highest BCUT2D eigenvalue weighted by atomic mass is 32.2. The lowest BCUT2D eigenvalue weighted by molar-refractivity contribution is -0.119. The van der Waals surface area contributed by atoms with E-state index in [1.54, 1.807) is 21.6 Å². The molecular weight excluding hydrogens is 336 g/mol. The lowest BCUT2D eigenvalue weighted by Gasteiger charge is -2.32. The number of hydrogen-bond acceptors (Lipinski definition) is 4. The van der Waals surface area contributed by atoms with E-state index in [2.05, 4.69) is 0 Å². The highest BCUT2D eigenvalue weighted by Gasteiger charge is 2.27. The van der Waals surface area contributed by atoms with E-state index in [0.717, 1.165) is 22.0 Å². The molecule has 5 nitrogen and oxygen atoms in total. The summed E-state index contributed by atoms with van der Waals surface area (Å²) in [6.07, 6.45) is 0.291. The molecule has 2 aromatic rings. The first kappa shape index (κ1) is 16.0. The summed E-state index contributed by atoms with van der Waals surface area (Å²) in [4.78, 5) is 29.6. The van der Waals surface area contributed by atoms with Gasteiger partial charge in [0.05, 0.1) is 23.7 Å². The molecule has 25 heavy (non-hydrogen) atoms. The lowest BCUT2D eigenvalue weighted by Crippen LogP contribution is -2.42. The van der Waals surface area contributed by atoms with Crippen LogP contribution in [0.5, 0.6) is 5.75 Å². The second-order valence-electron chi connectivity index (χ2n) is 5.91. The molecule has 2 amide bonds. The number of amides is 2. The summed E-state index contributed by atoms with van der Waals surface area (Å²) in [5, 5.41) is 0. The fourth-order valence-electron chi connectivity index (χ4n) is 3.17. The maximum atomic E-state index is 12.7. The summed E-state index contributed by atoms with van der Waals surface area (Å²) in [7, 11) is 0. The molecular formula is C19H18N2O3S. The number of rotatable bonds is 3. The van der Waals surface area contributed by atoms with Crippen molar-refractivity contribution in [3.63, 3.8) is 0 Å². The maximum Gasteiger partial charge on any atom is 0.237 e. The number of benzene rings is 2. The summed E-state index contributed by atoms with van der Waals surface area (Å²) in [6.45, 7) is 1.43. The Morgan fingerprint density at radius 3 is 2.72 bits per heavy atom. The van der Waals surface area contributed by atoms with Gasteiger partial charge in [-0.2, -0.15) is 0 Å². The molecule has 0 saturated carbocycles. The minimum absolute atomic E-state index is 0.0132. The van der Waals surface area contributed by atoms with E-state index >= 15 is 0 Å². The van der Waals surface area contributed by atoms with Crippen molar-refractivity contribution in [1.29, 1.82) is 0 Å². The minimum Gasteiger partial charge on any atom is -0.490 e. The van der Waals surface area contributed by atoms with Crippen molar-refractivity contribution in [3.8, 4) is 5.75 Å². The van der Waals surface area contributed by atoms with E-state index in [4.69, 9.17) is 4.74 Å². The molecule has 128 valence electrons. The van der Waals surface area contributed by atoms with E-state index < -0.39 is 0 Å². The highest BCUT2D eigenvalue weighted by Crippen LogP contribution is 2.35. The van der Waals surface area contributed by atoms with E-state index in [9.17, 15) is 9.59 Å². The molecule has 0 aliphatic carbocycles. The summed E-state index contributed by atoms with van der Waals surface area (Å²) in [6, 6.07) is 15.4. The molecule has 6 heteroatoms. The fraction of sp³-hybridized carbons (Fsp3) is 0.263. The van der Waals surface area contributed by atoms with Crippen LogP contribution >= 0.6 is 11.8 Å². The van der Waals surface area contributed by atoms with Gasteiger partial charge in [-0.05, 0) is 24.3 Å². The Kier molecular flexibility index (Phi) is 4.36. The van der Waals surface area contributed by atoms with Crippen molar-refractivity contribution >= 4 is 35.0 Å². The van der Waals surface area contributed by atoms with Gasteiger partial charge < -0.3 is 14.5 Å². The fourth-order valence-corrected chi connectivity index (χ4v) is 4.11. The normalized spacial score (nSPS) is 16.1. The first-order chi connectivity index (χ1) is 12.2. The number of carbonyl (C=O) groups excluding carboxylic acids is 2. The third kappa shape index (κ3) is 3.09. The Morgan fingerprint density at radius 1 is 1.08 bits per heavy atom. The Labute approximate surface area is 150 Å². The SMILES string of the molecule is O=C(CCN1C(=O)CSc2ccccc21)N1CCOc2ccccc21.